The van der Waals surface area contributed by atoms with E-state index in [2.05, 4.69) is 4.98 Å². The van der Waals surface area contributed by atoms with E-state index in [1.807, 2.05) is 47.5 Å². The second kappa shape index (κ2) is 6.86. The smallest absolute Gasteiger partial charge is 0.253 e. The monoisotopic (exact) mass is 358 g/mol. The molecule has 25 heavy (non-hydrogen) atoms. The van der Waals surface area contributed by atoms with Crippen LogP contribution in [-0.2, 0) is 16.1 Å². The molecular weight excluding hydrogens is 336 g/mol. The Morgan fingerprint density at radius 1 is 1.44 bits per heavy atom. The fraction of sp³-hybridized carbons (Fsp3) is 0.474. The van der Waals surface area contributed by atoms with E-state index in [0.29, 0.717) is 38.9 Å². The number of rotatable bonds is 5. The average Bonchev–Trinajstić information content (AvgIpc) is 3.29. The molecule has 0 N–H and O–H groups in total. The zero-order valence-corrected chi connectivity index (χ0v) is 15.1. The fourth-order valence-corrected chi connectivity index (χ4v) is 4.38. The summed E-state index contributed by atoms with van der Waals surface area (Å²) in [5.41, 5.74) is 1.64. The Morgan fingerprint density at radius 3 is 3.04 bits per heavy atom. The molecular formula is C19H22N2O3S. The van der Waals surface area contributed by atoms with Crippen LogP contribution in [-0.4, -0.2) is 48.7 Å². The van der Waals surface area contributed by atoms with Crippen LogP contribution < -0.4 is 0 Å². The minimum Gasteiger partial charge on any atom is -0.380 e. The largest absolute Gasteiger partial charge is 0.380 e. The van der Waals surface area contributed by atoms with Crippen LogP contribution in [0.5, 0.6) is 0 Å². The van der Waals surface area contributed by atoms with Gasteiger partial charge >= 0.3 is 0 Å². The second-order valence-electron chi connectivity index (χ2n) is 6.98. The standard InChI is InChI=1S/C19H22N2O3S/c1-14-20-17(10-25-14)9-24-13-19-11-21(7-16(19)8-23-12-19)18(22)15-5-3-2-4-6-15/h2-6,10,16H,7-9,11-13H2,1H3/t16-,19+/m1/s1. The van der Waals surface area contributed by atoms with Gasteiger partial charge in [0.05, 0.1) is 37.1 Å². The number of carbonyl (C=O) groups excluding carboxylic acids is 1. The summed E-state index contributed by atoms with van der Waals surface area (Å²) in [7, 11) is 0. The first kappa shape index (κ1) is 16.7. The van der Waals surface area contributed by atoms with Crippen LogP contribution in [0.15, 0.2) is 35.7 Å². The zero-order valence-electron chi connectivity index (χ0n) is 14.3. The predicted octanol–water partition coefficient (Wildman–Crippen LogP) is 2.76. The Hall–Kier alpha value is -1.76. The van der Waals surface area contributed by atoms with Gasteiger partial charge in [0, 0.05) is 35.4 Å². The Balaban J connectivity index is 1.41. The number of likely N-dealkylation sites (tertiary alicyclic amines) is 1. The van der Waals surface area contributed by atoms with Gasteiger partial charge in [-0.15, -0.1) is 11.3 Å². The molecule has 1 aromatic carbocycles. The SMILES string of the molecule is Cc1nc(COC[C@]23COC[C@H]2CN(C(=O)c2ccccc2)C3)cs1. The molecule has 0 bridgehead atoms. The van der Waals surface area contributed by atoms with Crippen LogP contribution in [0.25, 0.3) is 0 Å². The van der Waals surface area contributed by atoms with Gasteiger partial charge < -0.3 is 14.4 Å². The van der Waals surface area contributed by atoms with E-state index in [9.17, 15) is 4.79 Å². The highest BCUT2D eigenvalue weighted by Crippen LogP contribution is 2.42. The molecule has 2 aliphatic heterocycles. The lowest BCUT2D eigenvalue weighted by molar-refractivity contribution is 0.0176. The normalized spacial score (nSPS) is 25.3. The molecule has 2 saturated heterocycles. The van der Waals surface area contributed by atoms with E-state index in [0.717, 1.165) is 22.8 Å². The number of nitrogens with zero attached hydrogens (tertiary/aromatic N) is 2. The molecule has 2 atom stereocenters. The van der Waals surface area contributed by atoms with Gasteiger partial charge in [0.15, 0.2) is 0 Å². The Morgan fingerprint density at radius 2 is 2.28 bits per heavy atom. The molecule has 0 saturated carbocycles. The van der Waals surface area contributed by atoms with Crippen LogP contribution in [0.4, 0.5) is 0 Å². The van der Waals surface area contributed by atoms with Crippen molar-refractivity contribution in [2.45, 2.75) is 13.5 Å². The Labute approximate surface area is 151 Å². The summed E-state index contributed by atoms with van der Waals surface area (Å²) < 4.78 is 11.7. The molecule has 0 unspecified atom stereocenters. The quantitative estimate of drug-likeness (QED) is 0.825. The molecule has 1 amide bonds. The van der Waals surface area contributed by atoms with Gasteiger partial charge in [-0.1, -0.05) is 18.2 Å². The van der Waals surface area contributed by atoms with Crippen molar-refractivity contribution in [2.75, 3.05) is 32.9 Å². The number of hydrogen-bond acceptors (Lipinski definition) is 5. The Kier molecular flexibility index (Phi) is 4.58. The van der Waals surface area contributed by atoms with E-state index >= 15 is 0 Å². The molecule has 2 aliphatic rings. The third kappa shape index (κ3) is 3.34. The fourth-order valence-electron chi connectivity index (χ4n) is 3.79. The van der Waals surface area contributed by atoms with Gasteiger partial charge in [-0.2, -0.15) is 0 Å². The number of hydrogen-bond donors (Lipinski definition) is 0. The molecule has 0 spiro atoms. The lowest BCUT2D eigenvalue weighted by Gasteiger charge is -2.26. The Bertz CT molecular complexity index is 748. The van der Waals surface area contributed by atoms with Crippen LogP contribution in [0, 0.1) is 18.3 Å². The number of carbonyl (C=O) groups is 1. The highest BCUT2D eigenvalue weighted by molar-refractivity contribution is 7.09. The maximum absolute atomic E-state index is 12.8. The third-order valence-corrected chi connectivity index (χ3v) is 5.96. The summed E-state index contributed by atoms with van der Waals surface area (Å²) >= 11 is 1.64. The van der Waals surface area contributed by atoms with E-state index in [1.54, 1.807) is 11.3 Å². The summed E-state index contributed by atoms with van der Waals surface area (Å²) in [6.07, 6.45) is 0. The number of ether oxygens (including phenoxy) is 2. The maximum Gasteiger partial charge on any atom is 0.253 e. The topological polar surface area (TPSA) is 51.7 Å². The van der Waals surface area contributed by atoms with Crippen molar-refractivity contribution in [3.63, 3.8) is 0 Å². The molecule has 2 fully saturated rings. The van der Waals surface area contributed by atoms with Crippen molar-refractivity contribution in [3.05, 3.63) is 52.0 Å². The van der Waals surface area contributed by atoms with Gasteiger partial charge in [0.1, 0.15) is 0 Å². The van der Waals surface area contributed by atoms with Crippen LogP contribution in [0.3, 0.4) is 0 Å². The van der Waals surface area contributed by atoms with Gasteiger partial charge in [0.25, 0.3) is 5.91 Å². The minimum atomic E-state index is -0.0878. The highest BCUT2D eigenvalue weighted by atomic mass is 32.1. The first-order valence-corrected chi connectivity index (χ1v) is 9.45. The number of aryl methyl sites for hydroxylation is 1. The van der Waals surface area contributed by atoms with Crippen molar-refractivity contribution in [1.29, 1.82) is 0 Å². The predicted molar refractivity (Wildman–Crippen MR) is 95.6 cm³/mol. The first-order chi connectivity index (χ1) is 12.2. The summed E-state index contributed by atoms with van der Waals surface area (Å²) in [6.45, 7) is 5.93. The van der Waals surface area contributed by atoms with Crippen molar-refractivity contribution in [3.8, 4) is 0 Å². The second-order valence-corrected chi connectivity index (χ2v) is 8.04. The van der Waals surface area contributed by atoms with Crippen LogP contribution in [0.1, 0.15) is 21.1 Å². The molecule has 6 heteroatoms. The van der Waals surface area contributed by atoms with E-state index in [-0.39, 0.29) is 11.3 Å². The third-order valence-electron chi connectivity index (χ3n) is 5.14. The molecule has 0 radical (unpaired) electrons. The minimum absolute atomic E-state index is 0.0878. The number of thiazole rings is 1. The average molecular weight is 358 g/mol. The molecule has 132 valence electrons. The van der Waals surface area contributed by atoms with E-state index in [1.165, 1.54) is 0 Å². The van der Waals surface area contributed by atoms with Crippen molar-refractivity contribution < 1.29 is 14.3 Å². The molecule has 3 heterocycles. The number of fused-ring (bicyclic) bond motifs is 1. The van der Waals surface area contributed by atoms with Crippen molar-refractivity contribution in [2.24, 2.45) is 11.3 Å². The summed E-state index contributed by atoms with van der Waals surface area (Å²) in [6, 6.07) is 9.49. The van der Waals surface area contributed by atoms with Crippen LogP contribution >= 0.6 is 11.3 Å². The highest BCUT2D eigenvalue weighted by Gasteiger charge is 2.52. The van der Waals surface area contributed by atoms with Gasteiger partial charge in [-0.3, -0.25) is 4.79 Å². The molecule has 0 aliphatic carbocycles. The number of aromatic nitrogens is 1. The van der Waals surface area contributed by atoms with E-state index in [4.69, 9.17) is 9.47 Å². The molecule has 4 rings (SSSR count). The van der Waals surface area contributed by atoms with Gasteiger partial charge in [0.2, 0.25) is 0 Å². The lowest BCUT2D eigenvalue weighted by atomic mass is 9.82. The van der Waals surface area contributed by atoms with Gasteiger partial charge in [-0.25, -0.2) is 4.98 Å². The van der Waals surface area contributed by atoms with Crippen LogP contribution in [0.2, 0.25) is 0 Å². The van der Waals surface area contributed by atoms with Crippen molar-refractivity contribution in [1.82, 2.24) is 9.88 Å². The molecule has 5 nitrogen and oxygen atoms in total. The first-order valence-electron chi connectivity index (χ1n) is 8.57. The molecule has 2 aromatic rings. The summed E-state index contributed by atoms with van der Waals surface area (Å²) in [4.78, 5) is 19.1. The molecule has 1 aromatic heterocycles. The maximum atomic E-state index is 12.8. The summed E-state index contributed by atoms with van der Waals surface area (Å²) in [5, 5.41) is 3.09. The lowest BCUT2D eigenvalue weighted by Crippen LogP contribution is -2.37. The zero-order chi connectivity index (χ0) is 17.3. The van der Waals surface area contributed by atoms with Crippen molar-refractivity contribution >= 4 is 17.2 Å². The number of amides is 1. The van der Waals surface area contributed by atoms with Gasteiger partial charge in [-0.05, 0) is 19.1 Å². The summed E-state index contributed by atoms with van der Waals surface area (Å²) in [5.74, 6) is 0.446. The number of benzene rings is 1. The van der Waals surface area contributed by atoms with E-state index < -0.39 is 0 Å².